The Morgan fingerprint density at radius 3 is 2.73 bits per heavy atom. The zero-order valence-electron chi connectivity index (χ0n) is 14.6. The zero-order chi connectivity index (χ0) is 16.0. The Labute approximate surface area is 135 Å². The Balaban J connectivity index is 2.02. The van der Waals surface area contributed by atoms with Crippen molar-refractivity contribution in [3.63, 3.8) is 0 Å². The molecule has 1 unspecified atom stereocenters. The van der Waals surface area contributed by atoms with Gasteiger partial charge in [-0.3, -0.25) is 9.89 Å². The molecule has 1 fully saturated rings. The lowest BCUT2D eigenvalue weighted by atomic mass is 10.0. The first-order valence-electron chi connectivity index (χ1n) is 8.53. The van der Waals surface area contributed by atoms with Gasteiger partial charge >= 0.3 is 0 Å². The molecule has 1 rings (SSSR count). The van der Waals surface area contributed by atoms with Crippen LogP contribution < -0.4 is 10.6 Å². The van der Waals surface area contributed by atoms with E-state index in [1.165, 1.54) is 25.8 Å². The van der Waals surface area contributed by atoms with Crippen LogP contribution in [0.25, 0.3) is 0 Å². The summed E-state index contributed by atoms with van der Waals surface area (Å²) in [6.45, 7) is 8.52. The first-order chi connectivity index (χ1) is 10.8. The van der Waals surface area contributed by atoms with E-state index >= 15 is 0 Å². The van der Waals surface area contributed by atoms with Crippen molar-refractivity contribution in [1.29, 1.82) is 0 Å². The number of aliphatic imine (C=N–C) groups is 1. The van der Waals surface area contributed by atoms with Crippen molar-refractivity contribution in [2.75, 3.05) is 60.2 Å². The van der Waals surface area contributed by atoms with Crippen LogP contribution in [0.3, 0.4) is 0 Å². The van der Waals surface area contributed by atoms with E-state index in [-0.39, 0.29) is 0 Å². The molecule has 130 valence electrons. The standard InChI is InChI=1S/C16H34N4O2/c1-15-7-4-5-10-20(15)11-9-19-16(17-2)18-8-6-12-22-14-13-21-3/h15H,4-14H2,1-3H3,(H2,17,18,19). The smallest absolute Gasteiger partial charge is 0.191 e. The highest BCUT2D eigenvalue weighted by atomic mass is 16.5. The lowest BCUT2D eigenvalue weighted by molar-refractivity contribution is 0.0698. The quantitative estimate of drug-likeness (QED) is 0.359. The van der Waals surface area contributed by atoms with Crippen molar-refractivity contribution in [2.24, 2.45) is 4.99 Å². The number of hydrogen-bond acceptors (Lipinski definition) is 4. The Bertz CT molecular complexity index is 300. The molecule has 0 radical (unpaired) electrons. The Hall–Kier alpha value is -0.850. The van der Waals surface area contributed by atoms with Crippen LogP contribution in [0.1, 0.15) is 32.6 Å². The van der Waals surface area contributed by atoms with Gasteiger partial charge in [-0.1, -0.05) is 6.42 Å². The number of piperidine rings is 1. The molecule has 1 saturated heterocycles. The summed E-state index contributed by atoms with van der Waals surface area (Å²) in [5.74, 6) is 0.876. The van der Waals surface area contributed by atoms with E-state index in [0.29, 0.717) is 13.2 Å². The predicted molar refractivity (Wildman–Crippen MR) is 91.6 cm³/mol. The van der Waals surface area contributed by atoms with Crippen molar-refractivity contribution in [2.45, 2.75) is 38.6 Å². The Morgan fingerprint density at radius 2 is 2.00 bits per heavy atom. The molecule has 0 bridgehead atoms. The summed E-state index contributed by atoms with van der Waals surface area (Å²) in [6, 6.07) is 0.717. The molecule has 1 heterocycles. The summed E-state index contributed by atoms with van der Waals surface area (Å²) in [7, 11) is 3.50. The van der Waals surface area contributed by atoms with E-state index in [4.69, 9.17) is 9.47 Å². The van der Waals surface area contributed by atoms with E-state index in [0.717, 1.165) is 44.7 Å². The molecular weight excluding hydrogens is 280 g/mol. The second-order valence-electron chi connectivity index (χ2n) is 5.77. The summed E-state index contributed by atoms with van der Waals surface area (Å²) in [5.41, 5.74) is 0. The van der Waals surface area contributed by atoms with Gasteiger partial charge in [-0.05, 0) is 32.7 Å². The molecule has 0 aromatic rings. The van der Waals surface area contributed by atoms with E-state index in [2.05, 4.69) is 27.4 Å². The maximum Gasteiger partial charge on any atom is 0.191 e. The molecule has 0 aliphatic carbocycles. The Kier molecular flexibility index (Phi) is 11.1. The second kappa shape index (κ2) is 12.7. The van der Waals surface area contributed by atoms with Crippen molar-refractivity contribution in [1.82, 2.24) is 15.5 Å². The minimum Gasteiger partial charge on any atom is -0.382 e. The minimum absolute atomic E-state index is 0.658. The first-order valence-corrected chi connectivity index (χ1v) is 8.53. The van der Waals surface area contributed by atoms with Gasteiger partial charge in [-0.15, -0.1) is 0 Å². The maximum atomic E-state index is 5.43. The van der Waals surface area contributed by atoms with Gasteiger partial charge in [0.15, 0.2) is 5.96 Å². The van der Waals surface area contributed by atoms with Gasteiger partial charge < -0.3 is 20.1 Å². The van der Waals surface area contributed by atoms with Gasteiger partial charge in [-0.2, -0.15) is 0 Å². The van der Waals surface area contributed by atoms with Gasteiger partial charge in [-0.25, -0.2) is 0 Å². The van der Waals surface area contributed by atoms with Crippen molar-refractivity contribution < 1.29 is 9.47 Å². The number of hydrogen-bond donors (Lipinski definition) is 2. The van der Waals surface area contributed by atoms with Crippen molar-refractivity contribution in [3.8, 4) is 0 Å². The highest BCUT2D eigenvalue weighted by molar-refractivity contribution is 5.79. The molecule has 0 aromatic heterocycles. The topological polar surface area (TPSA) is 58.1 Å². The number of methoxy groups -OCH3 is 1. The molecule has 1 atom stereocenters. The molecular formula is C16H34N4O2. The van der Waals surface area contributed by atoms with Crippen molar-refractivity contribution in [3.05, 3.63) is 0 Å². The lowest BCUT2D eigenvalue weighted by Crippen LogP contribution is -2.45. The number of guanidine groups is 1. The molecule has 22 heavy (non-hydrogen) atoms. The average molecular weight is 314 g/mol. The summed E-state index contributed by atoms with van der Waals surface area (Å²) < 4.78 is 10.4. The monoisotopic (exact) mass is 314 g/mol. The molecule has 0 aromatic carbocycles. The highest BCUT2D eigenvalue weighted by Gasteiger charge is 2.17. The second-order valence-corrected chi connectivity index (χ2v) is 5.77. The molecule has 0 spiro atoms. The maximum absolute atomic E-state index is 5.43. The third-order valence-corrected chi connectivity index (χ3v) is 4.05. The summed E-state index contributed by atoms with van der Waals surface area (Å²) in [4.78, 5) is 6.81. The van der Waals surface area contributed by atoms with Crippen LogP contribution >= 0.6 is 0 Å². The third-order valence-electron chi connectivity index (χ3n) is 4.05. The van der Waals surface area contributed by atoms with E-state index in [1.807, 2.05) is 7.05 Å². The summed E-state index contributed by atoms with van der Waals surface area (Å²) in [6.07, 6.45) is 5.00. The van der Waals surface area contributed by atoms with Crippen LogP contribution in [-0.2, 0) is 9.47 Å². The van der Waals surface area contributed by atoms with Gasteiger partial charge in [0.05, 0.1) is 13.2 Å². The van der Waals surface area contributed by atoms with Gasteiger partial charge in [0, 0.05) is 46.4 Å². The lowest BCUT2D eigenvalue weighted by Gasteiger charge is -2.33. The van der Waals surface area contributed by atoms with E-state index < -0.39 is 0 Å². The van der Waals surface area contributed by atoms with Crippen LogP contribution in [0.15, 0.2) is 4.99 Å². The van der Waals surface area contributed by atoms with Gasteiger partial charge in [0.1, 0.15) is 0 Å². The normalized spacial score (nSPS) is 20.1. The fourth-order valence-electron chi connectivity index (χ4n) is 2.65. The molecule has 0 amide bonds. The predicted octanol–water partition coefficient (Wildman–Crippen LogP) is 1.08. The number of nitrogens with one attached hydrogen (secondary N) is 2. The molecule has 0 saturated carbocycles. The van der Waals surface area contributed by atoms with Crippen LogP contribution in [-0.4, -0.2) is 77.1 Å². The van der Waals surface area contributed by atoms with Gasteiger partial charge in [0.25, 0.3) is 0 Å². The molecule has 6 nitrogen and oxygen atoms in total. The number of nitrogens with zero attached hydrogens (tertiary/aromatic N) is 2. The fourth-order valence-corrected chi connectivity index (χ4v) is 2.65. The number of likely N-dealkylation sites (tertiary alicyclic amines) is 1. The molecule has 2 N–H and O–H groups in total. The fraction of sp³-hybridized carbons (Fsp3) is 0.938. The van der Waals surface area contributed by atoms with Crippen LogP contribution in [0, 0.1) is 0 Å². The van der Waals surface area contributed by atoms with E-state index in [1.54, 1.807) is 7.11 Å². The van der Waals surface area contributed by atoms with Gasteiger partial charge in [0.2, 0.25) is 0 Å². The first kappa shape index (κ1) is 19.2. The van der Waals surface area contributed by atoms with Crippen molar-refractivity contribution >= 4 is 5.96 Å². The Morgan fingerprint density at radius 1 is 1.18 bits per heavy atom. The molecule has 1 aliphatic rings. The number of ether oxygens (including phenoxy) is 2. The largest absolute Gasteiger partial charge is 0.382 e. The SMILES string of the molecule is CN=C(NCCCOCCOC)NCCN1CCCCC1C. The van der Waals surface area contributed by atoms with E-state index in [9.17, 15) is 0 Å². The average Bonchev–Trinajstić information content (AvgIpc) is 2.54. The minimum atomic E-state index is 0.658. The third kappa shape index (κ3) is 8.56. The molecule has 1 aliphatic heterocycles. The summed E-state index contributed by atoms with van der Waals surface area (Å²) in [5, 5.41) is 6.70. The zero-order valence-corrected chi connectivity index (χ0v) is 14.6. The molecule has 6 heteroatoms. The highest BCUT2D eigenvalue weighted by Crippen LogP contribution is 2.15. The summed E-state index contributed by atoms with van der Waals surface area (Å²) >= 11 is 0. The van der Waals surface area contributed by atoms with Crippen LogP contribution in [0.2, 0.25) is 0 Å². The van der Waals surface area contributed by atoms with Crippen LogP contribution in [0.5, 0.6) is 0 Å². The van der Waals surface area contributed by atoms with Crippen LogP contribution in [0.4, 0.5) is 0 Å². The number of rotatable bonds is 10.